The third-order valence-corrected chi connectivity index (χ3v) is 2.69. The van der Waals surface area contributed by atoms with Crippen LogP contribution in [0.4, 0.5) is 11.5 Å². The van der Waals surface area contributed by atoms with Crippen molar-refractivity contribution in [1.29, 1.82) is 0 Å². The predicted octanol–water partition coefficient (Wildman–Crippen LogP) is 2.44. The molecule has 5 heteroatoms. The molecule has 0 aliphatic heterocycles. The van der Waals surface area contributed by atoms with Gasteiger partial charge in [-0.1, -0.05) is 5.16 Å². The summed E-state index contributed by atoms with van der Waals surface area (Å²) in [6.45, 7) is 5.91. The second-order valence-corrected chi connectivity index (χ2v) is 4.08. The van der Waals surface area contributed by atoms with Crippen molar-refractivity contribution in [2.45, 2.75) is 26.8 Å². The summed E-state index contributed by atoms with van der Waals surface area (Å²) in [5.41, 5.74) is 8.45. The molecule has 3 N–H and O–H groups in total. The van der Waals surface area contributed by atoms with Crippen molar-refractivity contribution in [3.8, 4) is 0 Å². The van der Waals surface area contributed by atoms with Crippen LogP contribution in [0.5, 0.6) is 0 Å². The van der Waals surface area contributed by atoms with Crippen LogP contribution in [0.1, 0.15) is 30.0 Å². The summed E-state index contributed by atoms with van der Waals surface area (Å²) in [5, 5.41) is 7.28. The molecular weight excluding hydrogens is 216 g/mol. The molecule has 2 heterocycles. The number of aromatic nitrogens is 2. The molecule has 1 atom stereocenters. The lowest BCUT2D eigenvalue weighted by Crippen LogP contribution is -2.08. The molecule has 0 amide bonds. The van der Waals surface area contributed by atoms with Crippen LogP contribution in [0.3, 0.4) is 0 Å². The molecule has 17 heavy (non-hydrogen) atoms. The minimum atomic E-state index is 0.117. The molecule has 2 aromatic heterocycles. The van der Waals surface area contributed by atoms with Crippen molar-refractivity contribution in [3.63, 3.8) is 0 Å². The Labute approximate surface area is 100 Å². The van der Waals surface area contributed by atoms with Gasteiger partial charge >= 0.3 is 0 Å². The summed E-state index contributed by atoms with van der Waals surface area (Å²) in [7, 11) is 0. The van der Waals surface area contributed by atoms with Gasteiger partial charge in [-0.2, -0.15) is 0 Å². The highest BCUT2D eigenvalue weighted by atomic mass is 16.5. The molecule has 0 fully saturated rings. The Balaban J connectivity index is 2.17. The average Bonchev–Trinajstić information content (AvgIpc) is 2.62. The van der Waals surface area contributed by atoms with Crippen LogP contribution in [0.15, 0.2) is 22.9 Å². The van der Waals surface area contributed by atoms with Gasteiger partial charge in [0.05, 0.1) is 23.6 Å². The quantitative estimate of drug-likeness (QED) is 0.849. The van der Waals surface area contributed by atoms with Crippen LogP contribution >= 0.6 is 0 Å². The Morgan fingerprint density at radius 3 is 2.65 bits per heavy atom. The van der Waals surface area contributed by atoms with E-state index in [0.29, 0.717) is 5.82 Å². The maximum Gasteiger partial charge on any atom is 0.139 e. The highest BCUT2D eigenvalue weighted by Crippen LogP contribution is 2.24. The lowest BCUT2D eigenvalue weighted by Gasteiger charge is -2.14. The molecular formula is C12H16N4O. The van der Waals surface area contributed by atoms with Crippen LogP contribution in [0.2, 0.25) is 0 Å². The van der Waals surface area contributed by atoms with Crippen molar-refractivity contribution < 1.29 is 4.52 Å². The van der Waals surface area contributed by atoms with Crippen LogP contribution < -0.4 is 11.1 Å². The Hall–Kier alpha value is -2.04. The molecule has 0 radical (unpaired) electrons. The number of hydrogen-bond acceptors (Lipinski definition) is 5. The van der Waals surface area contributed by atoms with Crippen molar-refractivity contribution in [1.82, 2.24) is 10.1 Å². The second kappa shape index (κ2) is 4.45. The zero-order chi connectivity index (χ0) is 12.4. The third-order valence-electron chi connectivity index (χ3n) is 2.69. The number of rotatable bonds is 3. The summed E-state index contributed by atoms with van der Waals surface area (Å²) in [6.07, 6.45) is 1.71. The van der Waals surface area contributed by atoms with E-state index in [-0.39, 0.29) is 6.04 Å². The fourth-order valence-electron chi connectivity index (χ4n) is 1.92. The third kappa shape index (κ3) is 2.38. The zero-order valence-corrected chi connectivity index (χ0v) is 10.2. The van der Waals surface area contributed by atoms with Gasteiger partial charge in [-0.05, 0) is 32.9 Å². The molecule has 90 valence electrons. The zero-order valence-electron chi connectivity index (χ0n) is 10.2. The normalized spacial score (nSPS) is 12.4. The molecule has 0 spiro atoms. The van der Waals surface area contributed by atoms with E-state index in [0.717, 1.165) is 22.7 Å². The highest BCUT2D eigenvalue weighted by molar-refractivity contribution is 5.47. The van der Waals surface area contributed by atoms with Crippen LogP contribution in [-0.4, -0.2) is 10.1 Å². The number of nitrogens with two attached hydrogens (primary N) is 1. The van der Waals surface area contributed by atoms with Gasteiger partial charge in [-0.15, -0.1) is 0 Å². The lowest BCUT2D eigenvalue weighted by atomic mass is 10.1. The van der Waals surface area contributed by atoms with Crippen LogP contribution in [0.25, 0.3) is 0 Å². The standard InChI is InChI=1S/C12H16N4O/c1-7(12-8(2)16-17-9(12)3)15-10-4-5-11(13)14-6-10/h4-7,15H,1-3H3,(H2,13,14). The summed E-state index contributed by atoms with van der Waals surface area (Å²) in [6, 6.07) is 3.78. The second-order valence-electron chi connectivity index (χ2n) is 4.08. The van der Waals surface area contributed by atoms with Crippen molar-refractivity contribution in [2.75, 3.05) is 11.1 Å². The Bertz CT molecular complexity index is 484. The Kier molecular flexibility index (Phi) is 2.99. The van der Waals surface area contributed by atoms with Gasteiger partial charge in [0.25, 0.3) is 0 Å². The number of nitrogen functional groups attached to an aromatic ring is 1. The van der Waals surface area contributed by atoms with Gasteiger partial charge in [0, 0.05) is 5.56 Å². The number of nitrogens with one attached hydrogen (secondary N) is 1. The van der Waals surface area contributed by atoms with E-state index in [4.69, 9.17) is 10.3 Å². The maximum absolute atomic E-state index is 5.54. The predicted molar refractivity (Wildman–Crippen MR) is 66.7 cm³/mol. The molecule has 0 aliphatic carbocycles. The minimum absolute atomic E-state index is 0.117. The number of anilines is 2. The largest absolute Gasteiger partial charge is 0.384 e. The van der Waals surface area contributed by atoms with Gasteiger partial charge in [-0.25, -0.2) is 4.98 Å². The van der Waals surface area contributed by atoms with Crippen LogP contribution in [-0.2, 0) is 0 Å². The number of pyridine rings is 1. The molecule has 0 aliphatic rings. The Morgan fingerprint density at radius 1 is 1.35 bits per heavy atom. The number of nitrogens with zero attached hydrogens (tertiary/aromatic N) is 2. The van der Waals surface area contributed by atoms with E-state index in [1.807, 2.05) is 19.9 Å². The fourth-order valence-corrected chi connectivity index (χ4v) is 1.92. The van der Waals surface area contributed by atoms with Gasteiger partial charge < -0.3 is 15.6 Å². The fraction of sp³-hybridized carbons (Fsp3) is 0.333. The van der Waals surface area contributed by atoms with E-state index in [1.165, 1.54) is 0 Å². The first kappa shape index (κ1) is 11.4. The molecule has 0 bridgehead atoms. The number of aryl methyl sites for hydroxylation is 2. The monoisotopic (exact) mass is 232 g/mol. The van der Waals surface area contributed by atoms with Crippen molar-refractivity contribution in [2.24, 2.45) is 0 Å². The lowest BCUT2D eigenvalue weighted by molar-refractivity contribution is 0.392. The van der Waals surface area contributed by atoms with Gasteiger partial charge in [0.15, 0.2) is 0 Å². The first-order chi connectivity index (χ1) is 8.08. The SMILES string of the molecule is Cc1noc(C)c1C(C)Nc1ccc(N)nc1. The topological polar surface area (TPSA) is 77.0 Å². The molecule has 1 unspecified atom stereocenters. The first-order valence-corrected chi connectivity index (χ1v) is 5.48. The summed E-state index contributed by atoms with van der Waals surface area (Å²) < 4.78 is 5.15. The van der Waals surface area contributed by atoms with Crippen LogP contribution in [0, 0.1) is 13.8 Å². The van der Waals surface area contributed by atoms with Gasteiger partial charge in [0.2, 0.25) is 0 Å². The molecule has 2 aromatic rings. The van der Waals surface area contributed by atoms with Gasteiger partial charge in [0.1, 0.15) is 11.6 Å². The van der Waals surface area contributed by atoms with Crippen molar-refractivity contribution in [3.05, 3.63) is 35.3 Å². The highest BCUT2D eigenvalue weighted by Gasteiger charge is 2.16. The summed E-state index contributed by atoms with van der Waals surface area (Å²) in [4.78, 5) is 4.03. The maximum atomic E-state index is 5.54. The molecule has 0 saturated carbocycles. The number of hydrogen-bond donors (Lipinski definition) is 2. The van der Waals surface area contributed by atoms with E-state index in [1.54, 1.807) is 12.3 Å². The summed E-state index contributed by atoms with van der Waals surface area (Å²) in [5.74, 6) is 1.35. The van der Waals surface area contributed by atoms with Gasteiger partial charge in [-0.3, -0.25) is 0 Å². The molecule has 0 aromatic carbocycles. The van der Waals surface area contributed by atoms with E-state index < -0.39 is 0 Å². The van der Waals surface area contributed by atoms with Crippen molar-refractivity contribution >= 4 is 11.5 Å². The summed E-state index contributed by atoms with van der Waals surface area (Å²) >= 11 is 0. The Morgan fingerprint density at radius 2 is 2.12 bits per heavy atom. The minimum Gasteiger partial charge on any atom is -0.384 e. The van der Waals surface area contributed by atoms with E-state index in [2.05, 4.69) is 22.4 Å². The average molecular weight is 232 g/mol. The first-order valence-electron chi connectivity index (χ1n) is 5.48. The smallest absolute Gasteiger partial charge is 0.139 e. The molecule has 0 saturated heterocycles. The van der Waals surface area contributed by atoms with E-state index in [9.17, 15) is 0 Å². The van der Waals surface area contributed by atoms with E-state index >= 15 is 0 Å². The molecule has 2 rings (SSSR count). The molecule has 5 nitrogen and oxygen atoms in total.